The summed E-state index contributed by atoms with van der Waals surface area (Å²) in [6.45, 7) is 1.96. The first-order valence-electron chi connectivity index (χ1n) is 4.58. The van der Waals surface area contributed by atoms with Crippen molar-refractivity contribution in [1.29, 1.82) is 0 Å². The van der Waals surface area contributed by atoms with Crippen LogP contribution in [0.2, 0.25) is 0 Å². The molecule has 0 heterocycles. The van der Waals surface area contributed by atoms with Crippen LogP contribution in [0.25, 0.3) is 0 Å². The van der Waals surface area contributed by atoms with Crippen LogP contribution in [0.15, 0.2) is 0 Å². The molecular formula is C8H16O4S. The van der Waals surface area contributed by atoms with Gasteiger partial charge >= 0.3 is 0 Å². The molecule has 1 fully saturated rings. The minimum atomic E-state index is -4.31. The average molecular weight is 208 g/mol. The van der Waals surface area contributed by atoms with E-state index in [2.05, 4.69) is 0 Å². The van der Waals surface area contributed by atoms with Crippen molar-refractivity contribution >= 4 is 10.1 Å². The highest BCUT2D eigenvalue weighted by Crippen LogP contribution is 2.36. The lowest BCUT2D eigenvalue weighted by Gasteiger charge is -2.33. The molecule has 2 atom stereocenters. The summed E-state index contributed by atoms with van der Waals surface area (Å²) in [4.78, 5) is -1.88. The lowest BCUT2D eigenvalue weighted by molar-refractivity contribution is 0.0489. The number of hydrogen-bond acceptors (Lipinski definition) is 3. The Morgan fingerprint density at radius 3 is 2.62 bits per heavy atom. The third kappa shape index (κ3) is 2.21. The van der Waals surface area contributed by atoms with Gasteiger partial charge in [-0.25, -0.2) is 0 Å². The maximum absolute atomic E-state index is 10.9. The number of hydrogen-bond donors (Lipinski definition) is 2. The second-order valence-corrected chi connectivity index (χ2v) is 5.50. The van der Waals surface area contributed by atoms with Crippen molar-refractivity contribution in [1.82, 2.24) is 0 Å². The third-order valence-electron chi connectivity index (χ3n) is 2.84. The van der Waals surface area contributed by atoms with Crippen molar-refractivity contribution in [3.8, 4) is 0 Å². The molecule has 0 saturated heterocycles. The summed E-state index contributed by atoms with van der Waals surface area (Å²) in [6.07, 6.45) is 2.77. The van der Waals surface area contributed by atoms with Gasteiger partial charge in [0.1, 0.15) is 0 Å². The largest absolute Gasteiger partial charge is 0.372 e. The molecule has 1 aliphatic rings. The van der Waals surface area contributed by atoms with Gasteiger partial charge in [-0.05, 0) is 25.2 Å². The van der Waals surface area contributed by atoms with Crippen molar-refractivity contribution in [2.45, 2.75) is 44.0 Å². The minimum Gasteiger partial charge on any atom is -0.372 e. The van der Waals surface area contributed by atoms with Gasteiger partial charge in [-0.3, -0.25) is 4.55 Å². The Hall–Kier alpha value is -0.130. The van der Waals surface area contributed by atoms with E-state index in [1.165, 1.54) is 0 Å². The van der Waals surface area contributed by atoms with Gasteiger partial charge in [0, 0.05) is 0 Å². The zero-order valence-corrected chi connectivity index (χ0v) is 8.55. The van der Waals surface area contributed by atoms with Crippen molar-refractivity contribution in [3.05, 3.63) is 0 Å². The van der Waals surface area contributed by atoms with E-state index in [1.807, 2.05) is 6.92 Å². The van der Waals surface area contributed by atoms with Gasteiger partial charge in [0.25, 0.3) is 10.1 Å². The smallest absolute Gasteiger partial charge is 0.294 e. The van der Waals surface area contributed by atoms with Crippen LogP contribution in [0.5, 0.6) is 0 Å². The van der Waals surface area contributed by atoms with Gasteiger partial charge < -0.3 is 5.11 Å². The van der Waals surface area contributed by atoms with Gasteiger partial charge in [-0.1, -0.05) is 19.8 Å². The Morgan fingerprint density at radius 1 is 1.54 bits per heavy atom. The standard InChI is InChI=1S/C8H16O4S/c1-2-7-4-3-5-8(9,6-7)13(10,11)12/h7,9H,2-6H2,1H3,(H,10,11,12). The topological polar surface area (TPSA) is 74.6 Å². The van der Waals surface area contributed by atoms with Crippen LogP contribution in [0.1, 0.15) is 39.0 Å². The third-order valence-corrected chi connectivity index (χ3v) is 4.18. The zero-order valence-electron chi connectivity index (χ0n) is 7.73. The summed E-state index contributed by atoms with van der Waals surface area (Å²) in [5.74, 6) is 0.209. The second-order valence-electron chi connectivity index (χ2n) is 3.79. The zero-order chi connectivity index (χ0) is 10.1. The summed E-state index contributed by atoms with van der Waals surface area (Å²) in [5.41, 5.74) is 0. The predicted octanol–water partition coefficient (Wildman–Crippen LogP) is 1.16. The molecule has 2 unspecified atom stereocenters. The number of rotatable bonds is 2. The Bertz CT molecular complexity index is 272. The molecule has 0 aromatic heterocycles. The predicted molar refractivity (Wildman–Crippen MR) is 48.7 cm³/mol. The van der Waals surface area contributed by atoms with Crippen LogP contribution in [0, 0.1) is 5.92 Å². The molecule has 0 amide bonds. The lowest BCUT2D eigenvalue weighted by Crippen LogP contribution is -2.42. The molecule has 1 saturated carbocycles. The Labute approximate surface area is 78.7 Å². The van der Waals surface area contributed by atoms with Crippen molar-refractivity contribution < 1.29 is 18.1 Å². The second kappa shape index (κ2) is 3.55. The van der Waals surface area contributed by atoms with Crippen molar-refractivity contribution in [2.24, 2.45) is 5.92 Å². The van der Waals surface area contributed by atoms with Gasteiger partial charge in [-0.15, -0.1) is 0 Å². The van der Waals surface area contributed by atoms with E-state index in [9.17, 15) is 13.5 Å². The fraction of sp³-hybridized carbons (Fsp3) is 1.00. The maximum Gasteiger partial charge on any atom is 0.294 e. The summed E-state index contributed by atoms with van der Waals surface area (Å²) in [6, 6.07) is 0. The fourth-order valence-corrected chi connectivity index (χ4v) is 2.75. The highest BCUT2D eigenvalue weighted by atomic mass is 32.2. The number of aliphatic hydroxyl groups is 1. The molecule has 0 aromatic rings. The van der Waals surface area contributed by atoms with Gasteiger partial charge in [0.05, 0.1) is 0 Å². The maximum atomic E-state index is 10.9. The summed E-state index contributed by atoms with van der Waals surface area (Å²) >= 11 is 0. The van der Waals surface area contributed by atoms with E-state index in [4.69, 9.17) is 4.55 Å². The lowest BCUT2D eigenvalue weighted by atomic mass is 9.85. The first-order valence-corrected chi connectivity index (χ1v) is 6.02. The Balaban J connectivity index is 2.80. The quantitative estimate of drug-likeness (QED) is 0.668. The van der Waals surface area contributed by atoms with Crippen molar-refractivity contribution in [2.75, 3.05) is 0 Å². The minimum absolute atomic E-state index is 0.155. The van der Waals surface area contributed by atoms with Gasteiger partial charge in [0.2, 0.25) is 0 Å². The molecule has 13 heavy (non-hydrogen) atoms. The molecule has 1 rings (SSSR count). The van der Waals surface area contributed by atoms with Crippen LogP contribution < -0.4 is 0 Å². The van der Waals surface area contributed by atoms with E-state index in [0.29, 0.717) is 6.42 Å². The van der Waals surface area contributed by atoms with E-state index < -0.39 is 15.1 Å². The molecular weight excluding hydrogens is 192 g/mol. The summed E-state index contributed by atoms with van der Waals surface area (Å²) in [5, 5.41) is 9.67. The van der Waals surface area contributed by atoms with E-state index in [0.717, 1.165) is 12.8 Å². The summed E-state index contributed by atoms with van der Waals surface area (Å²) in [7, 11) is -4.31. The molecule has 2 N–H and O–H groups in total. The SMILES string of the molecule is CCC1CCCC(O)(S(=O)(=O)O)C1. The van der Waals surface area contributed by atoms with Crippen LogP contribution in [-0.4, -0.2) is 23.0 Å². The van der Waals surface area contributed by atoms with Crippen LogP contribution >= 0.6 is 0 Å². The molecule has 4 nitrogen and oxygen atoms in total. The highest BCUT2D eigenvalue weighted by molar-refractivity contribution is 7.87. The van der Waals surface area contributed by atoms with Crippen molar-refractivity contribution in [3.63, 3.8) is 0 Å². The normalized spacial score (nSPS) is 36.1. The molecule has 78 valence electrons. The monoisotopic (exact) mass is 208 g/mol. The van der Waals surface area contributed by atoms with Gasteiger partial charge in [-0.2, -0.15) is 8.42 Å². The molecule has 0 bridgehead atoms. The molecule has 0 aromatic carbocycles. The summed E-state index contributed by atoms with van der Waals surface area (Å²) < 4.78 is 30.6. The first kappa shape index (κ1) is 10.9. The Morgan fingerprint density at radius 2 is 2.15 bits per heavy atom. The van der Waals surface area contributed by atoms with Gasteiger partial charge in [0.15, 0.2) is 4.93 Å². The highest BCUT2D eigenvalue weighted by Gasteiger charge is 2.44. The van der Waals surface area contributed by atoms with E-state index in [-0.39, 0.29) is 18.8 Å². The molecule has 5 heteroatoms. The molecule has 0 spiro atoms. The molecule has 1 aliphatic carbocycles. The van der Waals surface area contributed by atoms with E-state index >= 15 is 0 Å². The fourth-order valence-electron chi connectivity index (χ4n) is 1.90. The molecule has 0 aliphatic heterocycles. The van der Waals surface area contributed by atoms with Crippen LogP contribution in [0.4, 0.5) is 0 Å². The van der Waals surface area contributed by atoms with Crippen LogP contribution in [0.3, 0.4) is 0 Å². The Kier molecular flexibility index (Phi) is 2.99. The molecule has 0 radical (unpaired) electrons. The first-order chi connectivity index (χ1) is 5.89. The van der Waals surface area contributed by atoms with Crippen LogP contribution in [-0.2, 0) is 10.1 Å². The van der Waals surface area contributed by atoms with E-state index in [1.54, 1.807) is 0 Å². The average Bonchev–Trinajstić information content (AvgIpc) is 2.02.